The van der Waals surface area contributed by atoms with Gasteiger partial charge in [-0.05, 0) is 52.9 Å². The Morgan fingerprint density at radius 2 is 1.33 bits per heavy atom. The van der Waals surface area contributed by atoms with Gasteiger partial charge in [0.05, 0.1) is 5.41 Å². The molecule has 0 aromatic carbocycles. The fraction of sp³-hybridized carbons (Fsp3) is 0.920. The number of carbonyl (C=O) groups excluding carboxylic acids is 2. The van der Waals surface area contributed by atoms with Gasteiger partial charge in [0.1, 0.15) is 0 Å². The van der Waals surface area contributed by atoms with Crippen LogP contribution in [-0.2, 0) is 9.59 Å². The van der Waals surface area contributed by atoms with E-state index in [-0.39, 0.29) is 17.7 Å². The highest BCUT2D eigenvalue weighted by Gasteiger charge is 2.57. The standard InChI is InChI=1S/C25H46N2O3/c1-6-7-8-9-10-11-12-13-14-15-16-25(19-21(28)26-22(25)29)20-17-23(2,3)27(30)24(4,5)18-20/h20,30H,6-19H2,1-5H3,(H,26,28,29). The van der Waals surface area contributed by atoms with E-state index in [1.165, 1.54) is 56.4 Å². The summed E-state index contributed by atoms with van der Waals surface area (Å²) in [4.78, 5) is 25.2. The molecule has 0 spiro atoms. The van der Waals surface area contributed by atoms with Gasteiger partial charge in [-0.15, -0.1) is 0 Å². The molecule has 2 saturated heterocycles. The summed E-state index contributed by atoms with van der Waals surface area (Å²) in [5.41, 5.74) is -1.43. The molecule has 0 radical (unpaired) electrons. The minimum absolute atomic E-state index is 0.0774. The van der Waals surface area contributed by atoms with Crippen LogP contribution in [-0.4, -0.2) is 33.2 Å². The molecule has 0 aromatic heterocycles. The Morgan fingerprint density at radius 1 is 0.867 bits per heavy atom. The summed E-state index contributed by atoms with van der Waals surface area (Å²) in [5.74, 6) is -0.101. The van der Waals surface area contributed by atoms with E-state index in [0.717, 1.165) is 32.1 Å². The average molecular weight is 423 g/mol. The van der Waals surface area contributed by atoms with Gasteiger partial charge in [-0.3, -0.25) is 14.9 Å². The second-order valence-electron chi connectivity index (χ2n) is 11.2. The van der Waals surface area contributed by atoms with Crippen LogP contribution < -0.4 is 5.32 Å². The Kier molecular flexibility index (Phi) is 8.93. The number of hydrogen-bond donors (Lipinski definition) is 2. The zero-order chi connectivity index (χ0) is 22.4. The van der Waals surface area contributed by atoms with E-state index in [1.807, 2.05) is 27.7 Å². The summed E-state index contributed by atoms with van der Waals surface area (Å²) in [7, 11) is 0. The number of carbonyl (C=O) groups is 2. The number of imide groups is 1. The topological polar surface area (TPSA) is 69.6 Å². The van der Waals surface area contributed by atoms with E-state index >= 15 is 0 Å². The first-order valence-corrected chi connectivity index (χ1v) is 12.4. The number of piperidine rings is 1. The molecule has 2 amide bonds. The quantitative estimate of drug-likeness (QED) is 0.299. The Hall–Kier alpha value is -0.940. The molecule has 1 unspecified atom stereocenters. The van der Waals surface area contributed by atoms with Crippen LogP contribution in [0, 0.1) is 11.3 Å². The van der Waals surface area contributed by atoms with Crippen LogP contribution in [0.5, 0.6) is 0 Å². The summed E-state index contributed by atoms with van der Waals surface area (Å²) in [6.07, 6.45) is 15.2. The van der Waals surface area contributed by atoms with Gasteiger partial charge in [-0.2, -0.15) is 5.06 Å². The van der Waals surface area contributed by atoms with Gasteiger partial charge in [0.2, 0.25) is 11.8 Å². The molecule has 2 heterocycles. The zero-order valence-corrected chi connectivity index (χ0v) is 20.2. The average Bonchev–Trinajstić information content (AvgIpc) is 2.95. The van der Waals surface area contributed by atoms with Crippen molar-refractivity contribution in [1.82, 2.24) is 10.4 Å². The van der Waals surface area contributed by atoms with Crippen LogP contribution >= 0.6 is 0 Å². The predicted octanol–water partition coefficient (Wildman–Crippen LogP) is 5.99. The lowest BCUT2D eigenvalue weighted by molar-refractivity contribution is -0.257. The Balaban J connectivity index is 1.90. The fourth-order valence-electron chi connectivity index (χ4n) is 5.99. The summed E-state index contributed by atoms with van der Waals surface area (Å²) in [6.45, 7) is 10.4. The van der Waals surface area contributed by atoms with Crippen molar-refractivity contribution < 1.29 is 14.8 Å². The third-order valence-electron chi connectivity index (χ3n) is 7.58. The maximum Gasteiger partial charge on any atom is 0.233 e. The first-order chi connectivity index (χ1) is 14.0. The van der Waals surface area contributed by atoms with Crippen LogP contribution in [0.15, 0.2) is 0 Å². The summed E-state index contributed by atoms with van der Waals surface area (Å²) in [5, 5.41) is 14.7. The van der Waals surface area contributed by atoms with Crippen molar-refractivity contribution in [3.05, 3.63) is 0 Å². The monoisotopic (exact) mass is 422 g/mol. The lowest BCUT2D eigenvalue weighted by Crippen LogP contribution is -2.61. The molecule has 0 aromatic rings. The van der Waals surface area contributed by atoms with Crippen molar-refractivity contribution in [2.45, 2.75) is 136 Å². The molecular weight excluding hydrogens is 376 g/mol. The molecule has 2 aliphatic rings. The van der Waals surface area contributed by atoms with E-state index in [9.17, 15) is 14.8 Å². The molecule has 2 fully saturated rings. The maximum absolute atomic E-state index is 13.0. The van der Waals surface area contributed by atoms with E-state index in [2.05, 4.69) is 12.2 Å². The van der Waals surface area contributed by atoms with Crippen molar-refractivity contribution >= 4 is 11.8 Å². The molecule has 174 valence electrons. The van der Waals surface area contributed by atoms with Crippen LogP contribution in [0.2, 0.25) is 0 Å². The molecule has 30 heavy (non-hydrogen) atoms. The number of hydrogen-bond acceptors (Lipinski definition) is 4. The van der Waals surface area contributed by atoms with Gasteiger partial charge in [0, 0.05) is 17.5 Å². The Labute approximate surface area is 184 Å². The van der Waals surface area contributed by atoms with Gasteiger partial charge >= 0.3 is 0 Å². The second kappa shape index (κ2) is 10.6. The van der Waals surface area contributed by atoms with Crippen LogP contribution in [0.4, 0.5) is 0 Å². The molecule has 5 nitrogen and oxygen atoms in total. The third kappa shape index (κ3) is 6.06. The van der Waals surface area contributed by atoms with Crippen LogP contribution in [0.1, 0.15) is 125 Å². The lowest BCUT2D eigenvalue weighted by atomic mass is 9.60. The molecule has 2 aliphatic heterocycles. The number of hydroxylamine groups is 2. The minimum Gasteiger partial charge on any atom is -0.313 e. The van der Waals surface area contributed by atoms with Crippen molar-refractivity contribution in [1.29, 1.82) is 0 Å². The highest BCUT2D eigenvalue weighted by atomic mass is 16.5. The molecule has 0 aliphatic carbocycles. The number of unbranched alkanes of at least 4 members (excludes halogenated alkanes) is 9. The first kappa shape index (κ1) is 25.3. The Morgan fingerprint density at radius 3 is 1.77 bits per heavy atom. The van der Waals surface area contributed by atoms with Gasteiger partial charge < -0.3 is 5.21 Å². The maximum atomic E-state index is 13.0. The highest BCUT2D eigenvalue weighted by molar-refractivity contribution is 6.06. The molecule has 1 atom stereocenters. The molecular formula is C25H46N2O3. The van der Waals surface area contributed by atoms with Crippen LogP contribution in [0.3, 0.4) is 0 Å². The number of nitrogens with zero attached hydrogens (tertiary/aromatic N) is 1. The van der Waals surface area contributed by atoms with Gasteiger partial charge in [-0.25, -0.2) is 0 Å². The number of rotatable bonds is 12. The van der Waals surface area contributed by atoms with Gasteiger partial charge in [0.25, 0.3) is 0 Å². The normalized spacial score (nSPS) is 26.9. The summed E-state index contributed by atoms with van der Waals surface area (Å²) >= 11 is 0. The highest BCUT2D eigenvalue weighted by Crippen LogP contribution is 2.52. The molecule has 2 rings (SSSR count). The lowest BCUT2D eigenvalue weighted by Gasteiger charge is -2.54. The SMILES string of the molecule is CCCCCCCCCCCCC1(C2CC(C)(C)N(O)C(C)(C)C2)CC(=O)NC1=O. The summed E-state index contributed by atoms with van der Waals surface area (Å²) < 4.78 is 0. The number of amides is 2. The largest absolute Gasteiger partial charge is 0.313 e. The van der Waals surface area contributed by atoms with E-state index in [4.69, 9.17) is 0 Å². The zero-order valence-electron chi connectivity index (χ0n) is 20.2. The van der Waals surface area contributed by atoms with Crippen molar-refractivity contribution in [3.8, 4) is 0 Å². The Bertz CT molecular complexity index is 569. The second-order valence-corrected chi connectivity index (χ2v) is 11.2. The van der Waals surface area contributed by atoms with Gasteiger partial charge in [0.15, 0.2) is 0 Å². The number of nitrogens with one attached hydrogen (secondary N) is 1. The molecule has 5 heteroatoms. The molecule has 0 bridgehead atoms. The summed E-state index contributed by atoms with van der Waals surface area (Å²) in [6, 6.07) is 0. The van der Waals surface area contributed by atoms with Gasteiger partial charge in [-0.1, -0.05) is 71.1 Å². The van der Waals surface area contributed by atoms with E-state index in [1.54, 1.807) is 0 Å². The predicted molar refractivity (Wildman–Crippen MR) is 121 cm³/mol. The third-order valence-corrected chi connectivity index (χ3v) is 7.58. The molecule has 2 N–H and O–H groups in total. The minimum atomic E-state index is -0.604. The van der Waals surface area contributed by atoms with Crippen LogP contribution in [0.25, 0.3) is 0 Å². The van der Waals surface area contributed by atoms with Crippen molar-refractivity contribution in [2.75, 3.05) is 0 Å². The fourth-order valence-corrected chi connectivity index (χ4v) is 5.99. The van der Waals surface area contributed by atoms with Crippen molar-refractivity contribution in [2.24, 2.45) is 11.3 Å². The first-order valence-electron chi connectivity index (χ1n) is 12.4. The molecule has 0 saturated carbocycles. The van der Waals surface area contributed by atoms with Crippen molar-refractivity contribution in [3.63, 3.8) is 0 Å². The smallest absolute Gasteiger partial charge is 0.233 e. The van der Waals surface area contributed by atoms with E-state index in [0.29, 0.717) is 6.42 Å². The van der Waals surface area contributed by atoms with E-state index < -0.39 is 16.5 Å².